The van der Waals surface area contributed by atoms with E-state index in [0.717, 1.165) is 30.6 Å². The first-order valence-electron chi connectivity index (χ1n) is 5.55. The molecule has 0 heterocycles. The topological polar surface area (TPSA) is 24.1 Å². The Balaban J connectivity index is 2.62. The number of hydrogen-bond acceptors (Lipinski definition) is 1. The summed E-state index contributed by atoms with van der Waals surface area (Å²) >= 11 is 8.31. The van der Waals surface area contributed by atoms with Gasteiger partial charge < -0.3 is 10.6 Å². The Hall–Kier alpha value is -0.680. The van der Waals surface area contributed by atoms with Crippen molar-refractivity contribution in [1.29, 1.82) is 0 Å². The summed E-state index contributed by atoms with van der Waals surface area (Å²) in [4.78, 5) is 0. The molecule has 0 aliphatic carbocycles. The van der Waals surface area contributed by atoms with Gasteiger partial charge in [0, 0.05) is 12.2 Å². The van der Waals surface area contributed by atoms with Gasteiger partial charge in [0.05, 0.1) is 4.47 Å². The smallest absolute Gasteiger partial charge is 0.170 e. The molecule has 0 spiro atoms. The van der Waals surface area contributed by atoms with Crippen LogP contribution in [0.3, 0.4) is 0 Å². The summed E-state index contributed by atoms with van der Waals surface area (Å²) in [6, 6.07) is 3.17. The zero-order chi connectivity index (χ0) is 12.8. The summed E-state index contributed by atoms with van der Waals surface area (Å²) in [5.74, 6) is -0.266. The molecule has 0 aliphatic rings. The third kappa shape index (κ3) is 4.60. The maximum atomic E-state index is 13.2. The molecular weight excluding hydrogens is 303 g/mol. The molecule has 0 saturated heterocycles. The Morgan fingerprint density at radius 2 is 2.18 bits per heavy atom. The van der Waals surface area contributed by atoms with E-state index >= 15 is 0 Å². The number of nitrogens with one attached hydrogen (secondary N) is 2. The van der Waals surface area contributed by atoms with Gasteiger partial charge in [-0.25, -0.2) is 4.39 Å². The minimum absolute atomic E-state index is 0.266. The third-order valence-corrected chi connectivity index (χ3v) is 3.19. The molecule has 94 valence electrons. The first kappa shape index (κ1) is 14.4. The van der Waals surface area contributed by atoms with Crippen LogP contribution >= 0.6 is 28.1 Å². The SMILES string of the molecule is CCCCNC(=S)Nc1cc(Br)c(F)cc1C. The van der Waals surface area contributed by atoms with Crippen molar-refractivity contribution in [2.45, 2.75) is 26.7 Å². The van der Waals surface area contributed by atoms with Gasteiger partial charge in [-0.05, 0) is 59.2 Å². The van der Waals surface area contributed by atoms with Crippen LogP contribution in [0.4, 0.5) is 10.1 Å². The highest BCUT2D eigenvalue weighted by Gasteiger charge is 2.06. The number of benzene rings is 1. The highest BCUT2D eigenvalue weighted by molar-refractivity contribution is 9.10. The predicted octanol–water partition coefficient (Wildman–Crippen LogP) is 3.98. The summed E-state index contributed by atoms with van der Waals surface area (Å²) in [5, 5.41) is 6.73. The molecule has 1 rings (SSSR count). The molecule has 17 heavy (non-hydrogen) atoms. The first-order chi connectivity index (χ1) is 8.04. The lowest BCUT2D eigenvalue weighted by molar-refractivity contribution is 0.620. The van der Waals surface area contributed by atoms with Crippen LogP contribution in [0.25, 0.3) is 0 Å². The van der Waals surface area contributed by atoms with Gasteiger partial charge in [0.1, 0.15) is 5.82 Å². The lowest BCUT2D eigenvalue weighted by Crippen LogP contribution is -2.29. The molecule has 0 unspecified atom stereocenters. The summed E-state index contributed by atoms with van der Waals surface area (Å²) in [5.41, 5.74) is 1.64. The fraction of sp³-hybridized carbons (Fsp3) is 0.417. The summed E-state index contributed by atoms with van der Waals surface area (Å²) in [7, 11) is 0. The van der Waals surface area contributed by atoms with E-state index in [4.69, 9.17) is 12.2 Å². The van der Waals surface area contributed by atoms with Crippen molar-refractivity contribution < 1.29 is 4.39 Å². The normalized spacial score (nSPS) is 10.1. The number of halogens is 2. The summed E-state index contributed by atoms with van der Waals surface area (Å²) in [6.07, 6.45) is 2.20. The van der Waals surface area contributed by atoms with E-state index in [9.17, 15) is 4.39 Å². The molecule has 5 heteroatoms. The van der Waals surface area contributed by atoms with E-state index in [0.29, 0.717) is 9.59 Å². The number of aryl methyl sites for hydroxylation is 1. The van der Waals surface area contributed by atoms with E-state index in [2.05, 4.69) is 33.5 Å². The maximum Gasteiger partial charge on any atom is 0.170 e. The first-order valence-corrected chi connectivity index (χ1v) is 6.75. The zero-order valence-electron chi connectivity index (χ0n) is 9.94. The van der Waals surface area contributed by atoms with Crippen molar-refractivity contribution in [2.24, 2.45) is 0 Å². The lowest BCUT2D eigenvalue weighted by Gasteiger charge is -2.13. The Kier molecular flexibility index (Phi) is 5.85. The highest BCUT2D eigenvalue weighted by atomic mass is 79.9. The minimum atomic E-state index is -0.266. The Bertz CT molecular complexity index is 410. The number of unbranched alkanes of at least 4 members (excludes halogenated alkanes) is 1. The second-order valence-electron chi connectivity index (χ2n) is 3.82. The fourth-order valence-corrected chi connectivity index (χ4v) is 1.88. The average molecular weight is 319 g/mol. The van der Waals surface area contributed by atoms with Gasteiger partial charge in [-0.2, -0.15) is 0 Å². The van der Waals surface area contributed by atoms with Gasteiger partial charge in [-0.15, -0.1) is 0 Å². The highest BCUT2D eigenvalue weighted by Crippen LogP contribution is 2.24. The van der Waals surface area contributed by atoms with E-state index < -0.39 is 0 Å². The second kappa shape index (κ2) is 6.91. The number of thiocarbonyl (C=S) groups is 1. The molecule has 2 nitrogen and oxygen atoms in total. The largest absolute Gasteiger partial charge is 0.362 e. The molecule has 1 aromatic rings. The van der Waals surface area contributed by atoms with Crippen molar-refractivity contribution >= 4 is 38.9 Å². The molecule has 0 aromatic heterocycles. The molecule has 0 aliphatic heterocycles. The van der Waals surface area contributed by atoms with E-state index in [-0.39, 0.29) is 5.82 Å². The van der Waals surface area contributed by atoms with Gasteiger partial charge in [0.25, 0.3) is 0 Å². The van der Waals surface area contributed by atoms with Crippen LogP contribution in [0.15, 0.2) is 16.6 Å². The van der Waals surface area contributed by atoms with Gasteiger partial charge in [0.2, 0.25) is 0 Å². The van der Waals surface area contributed by atoms with Crippen LogP contribution in [0, 0.1) is 12.7 Å². The van der Waals surface area contributed by atoms with Crippen LogP contribution < -0.4 is 10.6 Å². The van der Waals surface area contributed by atoms with Gasteiger partial charge in [0.15, 0.2) is 5.11 Å². The van der Waals surface area contributed by atoms with E-state index in [1.54, 1.807) is 6.07 Å². The summed E-state index contributed by atoms with van der Waals surface area (Å²) in [6.45, 7) is 4.82. The maximum absolute atomic E-state index is 13.2. The Morgan fingerprint density at radius 1 is 1.47 bits per heavy atom. The summed E-state index contributed by atoms with van der Waals surface area (Å²) < 4.78 is 13.7. The third-order valence-electron chi connectivity index (χ3n) is 2.33. The monoisotopic (exact) mass is 318 g/mol. The molecule has 0 atom stereocenters. The lowest BCUT2D eigenvalue weighted by atomic mass is 10.2. The van der Waals surface area contributed by atoms with Crippen molar-refractivity contribution in [3.8, 4) is 0 Å². The molecule has 0 saturated carbocycles. The van der Waals surface area contributed by atoms with Crippen LogP contribution in [0.1, 0.15) is 25.3 Å². The predicted molar refractivity (Wildman–Crippen MR) is 78.0 cm³/mol. The number of anilines is 1. The molecule has 0 amide bonds. The van der Waals surface area contributed by atoms with Crippen molar-refractivity contribution in [2.75, 3.05) is 11.9 Å². The van der Waals surface area contributed by atoms with Crippen LogP contribution in [-0.2, 0) is 0 Å². The molecular formula is C12H16BrFN2S. The second-order valence-corrected chi connectivity index (χ2v) is 5.08. The van der Waals surface area contributed by atoms with Gasteiger partial charge in [-0.1, -0.05) is 13.3 Å². The number of hydrogen-bond donors (Lipinski definition) is 2. The Morgan fingerprint density at radius 3 is 2.82 bits per heavy atom. The van der Waals surface area contributed by atoms with Crippen molar-refractivity contribution in [3.63, 3.8) is 0 Å². The van der Waals surface area contributed by atoms with Crippen LogP contribution in [-0.4, -0.2) is 11.7 Å². The molecule has 0 radical (unpaired) electrons. The molecule has 2 N–H and O–H groups in total. The molecule has 0 bridgehead atoms. The van der Waals surface area contributed by atoms with Gasteiger partial charge in [-0.3, -0.25) is 0 Å². The standard InChI is InChI=1S/C12H16BrFN2S/c1-3-4-5-15-12(17)16-11-7-9(13)10(14)6-8(11)2/h6-7H,3-5H2,1-2H3,(H2,15,16,17). The van der Waals surface area contributed by atoms with Crippen molar-refractivity contribution in [1.82, 2.24) is 5.32 Å². The minimum Gasteiger partial charge on any atom is -0.362 e. The van der Waals surface area contributed by atoms with E-state index in [1.165, 1.54) is 6.07 Å². The average Bonchev–Trinajstić information content (AvgIpc) is 2.26. The fourth-order valence-electron chi connectivity index (χ4n) is 1.33. The Labute approximate surface area is 115 Å². The number of rotatable bonds is 4. The van der Waals surface area contributed by atoms with E-state index in [1.807, 2.05) is 6.92 Å². The molecule has 1 aromatic carbocycles. The van der Waals surface area contributed by atoms with Crippen LogP contribution in [0.2, 0.25) is 0 Å². The van der Waals surface area contributed by atoms with Crippen molar-refractivity contribution in [3.05, 3.63) is 28.0 Å². The molecule has 0 fully saturated rings. The van der Waals surface area contributed by atoms with Crippen LogP contribution in [0.5, 0.6) is 0 Å². The zero-order valence-corrected chi connectivity index (χ0v) is 12.3. The van der Waals surface area contributed by atoms with Gasteiger partial charge >= 0.3 is 0 Å². The quantitative estimate of drug-likeness (QED) is 0.648.